The van der Waals surface area contributed by atoms with Crippen molar-refractivity contribution in [3.8, 4) is 0 Å². The number of para-hydroxylation sites is 1. The molecule has 0 bridgehead atoms. The van der Waals surface area contributed by atoms with Crippen LogP contribution in [0.5, 0.6) is 0 Å². The molecule has 3 atom stereocenters. The van der Waals surface area contributed by atoms with E-state index in [-0.39, 0.29) is 6.04 Å². The van der Waals surface area contributed by atoms with Crippen LogP contribution in [-0.2, 0) is 0 Å². The van der Waals surface area contributed by atoms with Gasteiger partial charge >= 0.3 is 0 Å². The monoisotopic (exact) mass is 279 g/mol. The Morgan fingerprint density at radius 1 is 1.11 bits per heavy atom. The molecule has 0 spiro atoms. The lowest BCUT2D eigenvalue weighted by molar-refractivity contribution is -0.0835. The largest absolute Gasteiger partial charge is 0.387 e. The summed E-state index contributed by atoms with van der Waals surface area (Å²) in [6.07, 6.45) is 7.95. The Kier molecular flexibility index (Phi) is 3.72. The first-order valence-corrected chi connectivity index (χ1v) is 7.81. The molecule has 0 saturated heterocycles. The second kappa shape index (κ2) is 5.34. The lowest BCUT2D eigenvalue weighted by Crippen LogP contribution is -2.56. The van der Waals surface area contributed by atoms with E-state index in [2.05, 4.69) is 5.32 Å². The molecule has 2 fully saturated rings. The van der Waals surface area contributed by atoms with Crippen molar-refractivity contribution in [1.82, 2.24) is 0 Å². The molecular formula is C16H22ClNO. The van der Waals surface area contributed by atoms with Crippen LogP contribution >= 0.6 is 11.6 Å². The van der Waals surface area contributed by atoms with Crippen LogP contribution in [-0.4, -0.2) is 16.7 Å². The van der Waals surface area contributed by atoms with E-state index in [1.54, 1.807) is 0 Å². The Labute approximate surface area is 120 Å². The summed E-state index contributed by atoms with van der Waals surface area (Å²) >= 11 is 6.22. The van der Waals surface area contributed by atoms with Gasteiger partial charge in [0, 0.05) is 0 Å². The second-order valence-corrected chi connectivity index (χ2v) is 6.45. The summed E-state index contributed by atoms with van der Waals surface area (Å²) in [7, 11) is 0. The molecule has 1 aromatic carbocycles. The van der Waals surface area contributed by atoms with Gasteiger partial charge in [-0.2, -0.15) is 0 Å². The SMILES string of the molecule is O[C@@]12CCCC[C@@H]1CCCC2Nc1ccccc1Cl. The van der Waals surface area contributed by atoms with Gasteiger partial charge in [0.05, 0.1) is 22.4 Å². The fraction of sp³-hybridized carbons (Fsp3) is 0.625. The maximum atomic E-state index is 11.1. The van der Waals surface area contributed by atoms with Gasteiger partial charge in [0.25, 0.3) is 0 Å². The first kappa shape index (κ1) is 13.3. The van der Waals surface area contributed by atoms with E-state index in [1.807, 2.05) is 24.3 Å². The number of nitrogens with one attached hydrogen (secondary N) is 1. The van der Waals surface area contributed by atoms with Gasteiger partial charge in [0.2, 0.25) is 0 Å². The van der Waals surface area contributed by atoms with E-state index in [0.29, 0.717) is 5.92 Å². The van der Waals surface area contributed by atoms with E-state index in [1.165, 1.54) is 25.7 Å². The number of hydrogen-bond donors (Lipinski definition) is 2. The van der Waals surface area contributed by atoms with Crippen LogP contribution in [0.1, 0.15) is 44.9 Å². The van der Waals surface area contributed by atoms with Gasteiger partial charge in [-0.05, 0) is 43.7 Å². The molecular weight excluding hydrogens is 258 g/mol. The van der Waals surface area contributed by atoms with Crippen LogP contribution < -0.4 is 5.32 Å². The second-order valence-electron chi connectivity index (χ2n) is 6.04. The summed E-state index contributed by atoms with van der Waals surface area (Å²) in [6, 6.07) is 7.96. The molecule has 1 unspecified atom stereocenters. The van der Waals surface area contributed by atoms with Crippen molar-refractivity contribution < 1.29 is 5.11 Å². The minimum atomic E-state index is -0.532. The maximum absolute atomic E-state index is 11.1. The van der Waals surface area contributed by atoms with Crippen molar-refractivity contribution in [3.63, 3.8) is 0 Å². The molecule has 2 saturated carbocycles. The summed E-state index contributed by atoms with van der Waals surface area (Å²) in [6.45, 7) is 0. The molecule has 2 aliphatic carbocycles. The topological polar surface area (TPSA) is 32.3 Å². The summed E-state index contributed by atoms with van der Waals surface area (Å²) < 4.78 is 0. The third-order valence-electron chi connectivity index (χ3n) is 4.94. The molecule has 2 N–H and O–H groups in total. The van der Waals surface area contributed by atoms with E-state index >= 15 is 0 Å². The first-order chi connectivity index (χ1) is 9.20. The van der Waals surface area contributed by atoms with Crippen molar-refractivity contribution in [3.05, 3.63) is 29.3 Å². The molecule has 3 heteroatoms. The van der Waals surface area contributed by atoms with Crippen LogP contribution in [0.15, 0.2) is 24.3 Å². The van der Waals surface area contributed by atoms with Gasteiger partial charge in [-0.1, -0.05) is 43.0 Å². The lowest BCUT2D eigenvalue weighted by atomic mass is 9.65. The average Bonchev–Trinajstić information content (AvgIpc) is 2.42. The van der Waals surface area contributed by atoms with Gasteiger partial charge in [0.15, 0.2) is 0 Å². The van der Waals surface area contributed by atoms with E-state index < -0.39 is 5.60 Å². The van der Waals surface area contributed by atoms with Crippen molar-refractivity contribution in [1.29, 1.82) is 0 Å². The van der Waals surface area contributed by atoms with Gasteiger partial charge in [0.1, 0.15) is 0 Å². The highest BCUT2D eigenvalue weighted by Gasteiger charge is 2.47. The summed E-state index contributed by atoms with van der Waals surface area (Å²) in [5, 5.41) is 15.3. The lowest BCUT2D eigenvalue weighted by Gasteiger charge is -2.49. The van der Waals surface area contributed by atoms with E-state index in [4.69, 9.17) is 11.6 Å². The zero-order valence-electron chi connectivity index (χ0n) is 11.2. The predicted octanol–water partition coefficient (Wildman–Crippen LogP) is 4.23. The molecule has 0 heterocycles. The summed E-state index contributed by atoms with van der Waals surface area (Å²) in [4.78, 5) is 0. The van der Waals surface area contributed by atoms with Crippen LogP contribution in [0.4, 0.5) is 5.69 Å². The standard InChI is InChI=1S/C16H22ClNO/c17-13-8-1-2-9-14(13)18-15-10-5-7-12-6-3-4-11-16(12,15)19/h1-2,8-9,12,15,18-19H,3-7,10-11H2/t12-,15?,16+/m1/s1. The molecule has 0 aromatic heterocycles. The summed E-state index contributed by atoms with van der Waals surface area (Å²) in [5.41, 5.74) is 0.421. The average molecular weight is 280 g/mol. The molecule has 19 heavy (non-hydrogen) atoms. The number of aliphatic hydroxyl groups is 1. The third-order valence-corrected chi connectivity index (χ3v) is 5.27. The minimum Gasteiger partial charge on any atom is -0.387 e. The number of hydrogen-bond acceptors (Lipinski definition) is 2. The third kappa shape index (κ3) is 2.48. The number of halogens is 1. The predicted molar refractivity (Wildman–Crippen MR) is 79.6 cm³/mol. The Morgan fingerprint density at radius 3 is 2.74 bits per heavy atom. The number of rotatable bonds is 2. The highest BCUT2D eigenvalue weighted by atomic mass is 35.5. The Bertz CT molecular complexity index is 448. The zero-order chi connectivity index (χ0) is 13.3. The highest BCUT2D eigenvalue weighted by molar-refractivity contribution is 6.33. The summed E-state index contributed by atoms with van der Waals surface area (Å²) in [5.74, 6) is 0.468. The smallest absolute Gasteiger partial charge is 0.0875 e. The van der Waals surface area contributed by atoms with Crippen molar-refractivity contribution >= 4 is 17.3 Å². The molecule has 0 radical (unpaired) electrons. The van der Waals surface area contributed by atoms with Crippen LogP contribution in [0.3, 0.4) is 0 Å². The molecule has 1 aromatic rings. The molecule has 2 aliphatic rings. The molecule has 2 nitrogen and oxygen atoms in total. The molecule has 0 amide bonds. The van der Waals surface area contributed by atoms with Crippen molar-refractivity contribution in [2.75, 3.05) is 5.32 Å². The molecule has 0 aliphatic heterocycles. The Morgan fingerprint density at radius 2 is 1.89 bits per heavy atom. The van der Waals surface area contributed by atoms with Crippen LogP contribution in [0, 0.1) is 5.92 Å². The Hall–Kier alpha value is -0.730. The zero-order valence-corrected chi connectivity index (χ0v) is 12.0. The Balaban J connectivity index is 1.81. The van der Waals surface area contributed by atoms with Crippen molar-refractivity contribution in [2.45, 2.75) is 56.6 Å². The molecule has 104 valence electrons. The number of anilines is 1. The van der Waals surface area contributed by atoms with E-state index in [9.17, 15) is 5.11 Å². The van der Waals surface area contributed by atoms with Crippen LogP contribution in [0.25, 0.3) is 0 Å². The number of benzene rings is 1. The van der Waals surface area contributed by atoms with Crippen LogP contribution in [0.2, 0.25) is 5.02 Å². The first-order valence-electron chi connectivity index (χ1n) is 7.43. The van der Waals surface area contributed by atoms with Gasteiger partial charge < -0.3 is 10.4 Å². The van der Waals surface area contributed by atoms with Gasteiger partial charge in [-0.3, -0.25) is 0 Å². The van der Waals surface area contributed by atoms with E-state index in [0.717, 1.165) is 30.0 Å². The normalized spacial score (nSPS) is 34.6. The van der Waals surface area contributed by atoms with Gasteiger partial charge in [-0.25, -0.2) is 0 Å². The fourth-order valence-electron chi connectivity index (χ4n) is 3.89. The number of fused-ring (bicyclic) bond motifs is 1. The highest BCUT2D eigenvalue weighted by Crippen LogP contribution is 2.45. The fourth-order valence-corrected chi connectivity index (χ4v) is 4.08. The van der Waals surface area contributed by atoms with Gasteiger partial charge in [-0.15, -0.1) is 0 Å². The molecule has 3 rings (SSSR count). The quantitative estimate of drug-likeness (QED) is 0.849. The minimum absolute atomic E-state index is 0.145. The van der Waals surface area contributed by atoms with Crippen molar-refractivity contribution in [2.24, 2.45) is 5.92 Å². The maximum Gasteiger partial charge on any atom is 0.0875 e.